The Balaban J connectivity index is 1.15. The van der Waals surface area contributed by atoms with Crippen LogP contribution in [0.2, 0.25) is 0 Å². The van der Waals surface area contributed by atoms with Crippen molar-refractivity contribution >= 4 is 0 Å². The number of aromatic nitrogens is 3. The number of pyridine rings is 1. The van der Waals surface area contributed by atoms with Gasteiger partial charge < -0.3 is 4.90 Å². The molecule has 3 aromatic rings. The van der Waals surface area contributed by atoms with Crippen molar-refractivity contribution in [2.24, 2.45) is 5.41 Å². The number of likely N-dealkylation sites (tertiary alicyclic amines) is 1. The Morgan fingerprint density at radius 2 is 1.79 bits per heavy atom. The molecule has 1 aliphatic heterocycles. The highest BCUT2D eigenvalue weighted by Crippen LogP contribution is 2.68. The first-order chi connectivity index (χ1) is 16.2. The first-order valence-corrected chi connectivity index (χ1v) is 11.6. The number of benzene rings is 1. The van der Waals surface area contributed by atoms with Crippen LogP contribution in [0.4, 0.5) is 13.2 Å². The van der Waals surface area contributed by atoms with Gasteiger partial charge in [-0.3, -0.25) is 9.55 Å². The molecular formula is C26H27F3N4O. The summed E-state index contributed by atoms with van der Waals surface area (Å²) in [7, 11) is 0. The number of alkyl halides is 3. The molecule has 2 atom stereocenters. The molecule has 0 amide bonds. The number of fused-ring (bicyclic) bond motifs is 1. The quantitative estimate of drug-likeness (QED) is 0.469. The summed E-state index contributed by atoms with van der Waals surface area (Å²) in [5, 5.41) is 0. The van der Waals surface area contributed by atoms with E-state index >= 15 is 0 Å². The molecule has 2 fully saturated rings. The van der Waals surface area contributed by atoms with Crippen LogP contribution < -0.4 is 5.69 Å². The zero-order valence-electron chi connectivity index (χ0n) is 19.1. The molecule has 2 aromatic heterocycles. The smallest absolute Gasteiger partial charge is 0.302 e. The second-order valence-electron chi connectivity index (χ2n) is 9.84. The van der Waals surface area contributed by atoms with E-state index in [-0.39, 0.29) is 16.5 Å². The van der Waals surface area contributed by atoms with Gasteiger partial charge in [0, 0.05) is 49.2 Å². The third-order valence-corrected chi connectivity index (χ3v) is 7.51. The van der Waals surface area contributed by atoms with E-state index in [1.807, 2.05) is 18.2 Å². The molecule has 0 unspecified atom stereocenters. The molecule has 3 heterocycles. The Bertz CT molecular complexity index is 1230. The highest BCUT2D eigenvalue weighted by atomic mass is 19.4. The summed E-state index contributed by atoms with van der Waals surface area (Å²) in [6.45, 7) is 5.58. The highest BCUT2D eigenvalue weighted by Gasteiger charge is 2.69. The van der Waals surface area contributed by atoms with Gasteiger partial charge in [0.1, 0.15) is 0 Å². The largest absolute Gasteiger partial charge is 0.416 e. The molecule has 5 rings (SSSR count). The van der Waals surface area contributed by atoms with Crippen molar-refractivity contribution in [2.45, 2.75) is 44.3 Å². The third-order valence-electron chi connectivity index (χ3n) is 7.51. The van der Waals surface area contributed by atoms with E-state index in [4.69, 9.17) is 0 Å². The Kier molecular flexibility index (Phi) is 5.59. The van der Waals surface area contributed by atoms with Crippen molar-refractivity contribution in [1.82, 2.24) is 19.4 Å². The molecule has 1 aromatic carbocycles. The molecule has 8 heteroatoms. The fraction of sp³-hybridized carbons (Fsp3) is 0.423. The Morgan fingerprint density at radius 3 is 2.47 bits per heavy atom. The lowest BCUT2D eigenvalue weighted by Gasteiger charge is -2.21. The number of unbranched alkanes of at least 4 members (excludes halogenated alkanes) is 1. The standard InChI is InChI=1S/C26H27F3N4O/c1-24-16-25(24,20-6-8-21(9-7-20)26(27,28)29)18-32(17-24)12-2-3-13-33-14-10-22(31-23(33)34)19-5-4-11-30-15-19/h4-11,14-15H,2-3,12-13,16-18H2,1H3/t24-,25+/m0/s1. The molecule has 34 heavy (non-hydrogen) atoms. The van der Waals surface area contributed by atoms with Crippen LogP contribution in [0.1, 0.15) is 37.3 Å². The van der Waals surface area contributed by atoms with Gasteiger partial charge in [-0.15, -0.1) is 0 Å². The van der Waals surface area contributed by atoms with Crippen molar-refractivity contribution < 1.29 is 13.2 Å². The van der Waals surface area contributed by atoms with E-state index in [1.54, 1.807) is 35.3 Å². The first-order valence-electron chi connectivity index (χ1n) is 11.6. The zero-order chi connectivity index (χ0) is 24.0. The van der Waals surface area contributed by atoms with Crippen LogP contribution in [-0.2, 0) is 18.1 Å². The molecule has 1 saturated heterocycles. The summed E-state index contributed by atoms with van der Waals surface area (Å²) in [5.41, 5.74) is 1.66. The molecule has 1 aliphatic carbocycles. The Labute approximate surface area is 196 Å². The van der Waals surface area contributed by atoms with Gasteiger partial charge in [-0.25, -0.2) is 4.79 Å². The van der Waals surface area contributed by atoms with Crippen LogP contribution in [0.5, 0.6) is 0 Å². The summed E-state index contributed by atoms with van der Waals surface area (Å²) in [4.78, 5) is 23.0. The summed E-state index contributed by atoms with van der Waals surface area (Å²) >= 11 is 0. The summed E-state index contributed by atoms with van der Waals surface area (Å²) in [6.07, 6.45) is 3.66. The van der Waals surface area contributed by atoms with Gasteiger partial charge in [0.2, 0.25) is 0 Å². The zero-order valence-corrected chi connectivity index (χ0v) is 19.1. The molecule has 1 saturated carbocycles. The van der Waals surface area contributed by atoms with Gasteiger partial charge in [-0.1, -0.05) is 19.1 Å². The predicted octanol–water partition coefficient (Wildman–Crippen LogP) is 4.77. The van der Waals surface area contributed by atoms with Gasteiger partial charge in [0.05, 0.1) is 11.3 Å². The van der Waals surface area contributed by atoms with Crippen molar-refractivity contribution in [1.29, 1.82) is 0 Å². The van der Waals surface area contributed by atoms with Crippen LogP contribution in [0, 0.1) is 5.41 Å². The SMILES string of the molecule is C[C@]12CN(CCCCn3ccc(-c4cccnc4)nc3=O)C[C@@]1(c1ccc(C(F)(F)F)cc1)C2. The van der Waals surface area contributed by atoms with Gasteiger partial charge >= 0.3 is 11.9 Å². The van der Waals surface area contributed by atoms with Crippen molar-refractivity contribution in [3.05, 3.63) is 82.7 Å². The van der Waals surface area contributed by atoms with E-state index < -0.39 is 11.7 Å². The van der Waals surface area contributed by atoms with Crippen LogP contribution in [-0.4, -0.2) is 39.1 Å². The molecule has 0 N–H and O–H groups in total. The van der Waals surface area contributed by atoms with Crippen LogP contribution >= 0.6 is 0 Å². The minimum absolute atomic E-state index is 0.0416. The van der Waals surface area contributed by atoms with Crippen LogP contribution in [0.15, 0.2) is 65.8 Å². The molecule has 178 valence electrons. The lowest BCUT2D eigenvalue weighted by atomic mass is 9.89. The van der Waals surface area contributed by atoms with Crippen LogP contribution in [0.25, 0.3) is 11.3 Å². The van der Waals surface area contributed by atoms with Gasteiger partial charge in [-0.2, -0.15) is 18.2 Å². The monoisotopic (exact) mass is 468 g/mol. The van der Waals surface area contributed by atoms with Gasteiger partial charge in [-0.05, 0) is 67.1 Å². The molecular weight excluding hydrogens is 441 g/mol. The number of nitrogens with zero attached hydrogens (tertiary/aromatic N) is 4. The van der Waals surface area contributed by atoms with E-state index in [1.165, 1.54) is 12.1 Å². The second-order valence-corrected chi connectivity index (χ2v) is 9.84. The summed E-state index contributed by atoms with van der Waals surface area (Å²) in [5.74, 6) is 0. The molecule has 0 spiro atoms. The Morgan fingerprint density at radius 1 is 1.03 bits per heavy atom. The third kappa shape index (κ3) is 4.15. The van der Waals surface area contributed by atoms with Gasteiger partial charge in [0.25, 0.3) is 0 Å². The van der Waals surface area contributed by atoms with Crippen molar-refractivity contribution in [3.8, 4) is 11.3 Å². The minimum Gasteiger partial charge on any atom is -0.302 e. The van der Waals surface area contributed by atoms with E-state index in [0.717, 1.165) is 50.0 Å². The molecule has 2 aliphatic rings. The van der Waals surface area contributed by atoms with Crippen LogP contribution in [0.3, 0.4) is 0 Å². The number of hydrogen-bond donors (Lipinski definition) is 0. The van der Waals surface area contributed by atoms with Crippen molar-refractivity contribution in [2.75, 3.05) is 19.6 Å². The topological polar surface area (TPSA) is 51.0 Å². The maximum Gasteiger partial charge on any atom is 0.416 e. The maximum atomic E-state index is 12.9. The maximum absolute atomic E-state index is 12.9. The normalized spacial score (nSPS) is 24.2. The fourth-order valence-corrected chi connectivity index (χ4v) is 5.58. The molecule has 5 nitrogen and oxygen atoms in total. The number of halogens is 3. The highest BCUT2D eigenvalue weighted by molar-refractivity contribution is 5.56. The van der Waals surface area contributed by atoms with Gasteiger partial charge in [0.15, 0.2) is 0 Å². The lowest BCUT2D eigenvalue weighted by Crippen LogP contribution is -2.28. The number of aryl methyl sites for hydroxylation is 1. The molecule has 0 bridgehead atoms. The van der Waals surface area contributed by atoms with E-state index in [2.05, 4.69) is 21.8 Å². The average molecular weight is 469 g/mol. The van der Waals surface area contributed by atoms with Crippen molar-refractivity contribution in [3.63, 3.8) is 0 Å². The summed E-state index contributed by atoms with van der Waals surface area (Å²) < 4.78 is 40.4. The average Bonchev–Trinajstić information content (AvgIpc) is 3.30. The number of rotatable bonds is 7. The number of piperidine rings is 1. The second kappa shape index (κ2) is 8.34. The summed E-state index contributed by atoms with van der Waals surface area (Å²) in [6, 6.07) is 11.2. The molecule has 0 radical (unpaired) electrons. The predicted molar refractivity (Wildman–Crippen MR) is 123 cm³/mol. The Hall–Kier alpha value is -3.00. The minimum atomic E-state index is -4.30. The lowest BCUT2D eigenvalue weighted by molar-refractivity contribution is -0.137. The fourth-order valence-electron chi connectivity index (χ4n) is 5.58. The van der Waals surface area contributed by atoms with E-state index in [9.17, 15) is 18.0 Å². The number of hydrogen-bond acceptors (Lipinski definition) is 4. The van der Waals surface area contributed by atoms with E-state index in [0.29, 0.717) is 12.2 Å². The first kappa shape index (κ1) is 22.8.